The number of hydrogen-bond acceptors (Lipinski definition) is 7. The third kappa shape index (κ3) is 4.85. The summed E-state index contributed by atoms with van der Waals surface area (Å²) in [6.07, 6.45) is 0.970. The average Bonchev–Trinajstić information content (AvgIpc) is 3.00. The van der Waals surface area contributed by atoms with Crippen LogP contribution in [0.5, 0.6) is 0 Å². The summed E-state index contributed by atoms with van der Waals surface area (Å²) in [5.74, 6) is -1.02. The first-order valence-electron chi connectivity index (χ1n) is 9.32. The number of halogens is 1. The fourth-order valence-electron chi connectivity index (χ4n) is 3.66. The Bertz CT molecular complexity index is 977. The van der Waals surface area contributed by atoms with Crippen molar-refractivity contribution >= 4 is 36.3 Å². The van der Waals surface area contributed by atoms with Gasteiger partial charge >= 0.3 is 7.60 Å². The van der Waals surface area contributed by atoms with Gasteiger partial charge in [0.25, 0.3) is 0 Å². The van der Waals surface area contributed by atoms with Gasteiger partial charge < -0.3 is 24.8 Å². The second-order valence-electron chi connectivity index (χ2n) is 7.53. The molecule has 0 spiro atoms. The Balaban J connectivity index is 2.48. The molecule has 0 aliphatic carbocycles. The zero-order valence-electron chi connectivity index (χ0n) is 17.2. The predicted molar refractivity (Wildman–Crippen MR) is 113 cm³/mol. The van der Waals surface area contributed by atoms with Crippen LogP contribution in [0.1, 0.15) is 34.1 Å². The van der Waals surface area contributed by atoms with E-state index in [1.54, 1.807) is 32.3 Å². The predicted octanol–water partition coefficient (Wildman–Crippen LogP) is 3.33. The number of nitrogen functional groups attached to an aromatic ring is 1. The molecule has 0 radical (unpaired) electrons. The number of anilines is 1. The zero-order chi connectivity index (χ0) is 22.7. The van der Waals surface area contributed by atoms with Gasteiger partial charge in [0.1, 0.15) is 5.52 Å². The molecule has 0 aliphatic heterocycles. The summed E-state index contributed by atoms with van der Waals surface area (Å²) in [5, 5.41) is 1.90. The standard InChI is InChI=1S/C16H26ClN8O4P/c1-9(2)16(10(3)4,30(26,27)28)29-11(5-6-21-24-19)7-25-8-20-12-13(17)22-15(18)23-14(12)25/h8-11H,5-7H2,1-4H3,(H2,18,22,23)(H2,26,27,28). The number of fused-ring (bicyclic) bond motifs is 1. The zero-order valence-corrected chi connectivity index (χ0v) is 18.8. The van der Waals surface area contributed by atoms with Gasteiger partial charge in [-0.05, 0) is 23.8 Å². The Hall–Kier alpha value is -1.94. The molecular weight excluding hydrogens is 435 g/mol. The van der Waals surface area contributed by atoms with Crippen molar-refractivity contribution in [2.24, 2.45) is 17.0 Å². The molecule has 0 saturated heterocycles. The monoisotopic (exact) mass is 460 g/mol. The summed E-state index contributed by atoms with van der Waals surface area (Å²) in [6, 6.07) is 0. The van der Waals surface area contributed by atoms with Crippen LogP contribution in [0.2, 0.25) is 5.15 Å². The number of ether oxygens (including phenoxy) is 1. The van der Waals surface area contributed by atoms with Crippen molar-refractivity contribution in [3.63, 3.8) is 0 Å². The van der Waals surface area contributed by atoms with Crippen LogP contribution in [0.25, 0.3) is 21.6 Å². The third-order valence-corrected chi connectivity index (χ3v) is 7.23. The van der Waals surface area contributed by atoms with E-state index in [9.17, 15) is 14.4 Å². The number of hydrogen-bond donors (Lipinski definition) is 3. The maximum Gasteiger partial charge on any atom is 0.357 e. The third-order valence-electron chi connectivity index (χ3n) is 4.92. The van der Waals surface area contributed by atoms with Crippen LogP contribution in [0, 0.1) is 11.8 Å². The molecule has 2 rings (SSSR count). The van der Waals surface area contributed by atoms with Crippen molar-refractivity contribution in [1.82, 2.24) is 19.5 Å². The lowest BCUT2D eigenvalue weighted by Gasteiger charge is -2.43. The van der Waals surface area contributed by atoms with Crippen molar-refractivity contribution in [1.29, 1.82) is 0 Å². The lowest BCUT2D eigenvalue weighted by Crippen LogP contribution is -2.47. The van der Waals surface area contributed by atoms with E-state index in [4.69, 9.17) is 27.6 Å². The molecule has 0 saturated carbocycles. The summed E-state index contributed by atoms with van der Waals surface area (Å²) in [7, 11) is -4.68. The van der Waals surface area contributed by atoms with Gasteiger partial charge in [-0.1, -0.05) is 44.4 Å². The molecule has 12 nitrogen and oxygen atoms in total. The van der Waals surface area contributed by atoms with Crippen molar-refractivity contribution < 1.29 is 19.1 Å². The summed E-state index contributed by atoms with van der Waals surface area (Å²) >= 11 is 6.07. The first kappa shape index (κ1) is 24.3. The first-order valence-corrected chi connectivity index (χ1v) is 11.3. The maximum atomic E-state index is 12.5. The van der Waals surface area contributed by atoms with Gasteiger partial charge in [0.15, 0.2) is 16.1 Å². The second-order valence-corrected chi connectivity index (χ2v) is 9.68. The Morgan fingerprint density at radius 1 is 1.37 bits per heavy atom. The summed E-state index contributed by atoms with van der Waals surface area (Å²) in [4.78, 5) is 35.3. The van der Waals surface area contributed by atoms with E-state index in [-0.39, 0.29) is 30.6 Å². The molecule has 1 unspecified atom stereocenters. The van der Waals surface area contributed by atoms with Gasteiger partial charge in [-0.15, -0.1) is 0 Å². The molecule has 0 amide bonds. The number of rotatable bonds is 10. The van der Waals surface area contributed by atoms with E-state index in [1.165, 1.54) is 6.33 Å². The summed E-state index contributed by atoms with van der Waals surface area (Å²) < 4.78 is 20.3. The van der Waals surface area contributed by atoms with Crippen LogP contribution < -0.4 is 5.73 Å². The summed E-state index contributed by atoms with van der Waals surface area (Å²) in [5.41, 5.74) is 15.0. The number of aromatic nitrogens is 4. The lowest BCUT2D eigenvalue weighted by atomic mass is 9.94. The molecule has 166 valence electrons. The SMILES string of the molecule is CC(C)C(OC(CCN=[N+]=[N-])Cn1cnc2c(Cl)nc(N)nc21)(C(C)C)P(=O)(O)O. The van der Waals surface area contributed by atoms with E-state index < -0.39 is 30.9 Å². The molecule has 2 heterocycles. The van der Waals surface area contributed by atoms with E-state index in [1.807, 2.05) is 0 Å². The molecule has 30 heavy (non-hydrogen) atoms. The average molecular weight is 461 g/mol. The van der Waals surface area contributed by atoms with E-state index in [2.05, 4.69) is 25.0 Å². The van der Waals surface area contributed by atoms with Gasteiger partial charge in [0.05, 0.1) is 19.0 Å². The largest absolute Gasteiger partial charge is 0.368 e. The summed E-state index contributed by atoms with van der Waals surface area (Å²) in [6.45, 7) is 7.01. The highest BCUT2D eigenvalue weighted by molar-refractivity contribution is 7.53. The molecule has 14 heteroatoms. The van der Waals surface area contributed by atoms with Crippen LogP contribution >= 0.6 is 19.2 Å². The number of nitrogens with two attached hydrogens (primary N) is 1. The Kier molecular flexibility index (Phi) is 7.68. The van der Waals surface area contributed by atoms with Crippen LogP contribution in [-0.2, 0) is 15.8 Å². The van der Waals surface area contributed by atoms with Crippen molar-refractivity contribution in [2.75, 3.05) is 12.3 Å². The molecule has 4 N–H and O–H groups in total. The van der Waals surface area contributed by atoms with E-state index >= 15 is 0 Å². The quantitative estimate of drug-likeness (QED) is 0.158. The minimum atomic E-state index is -4.68. The fraction of sp³-hybridized carbons (Fsp3) is 0.688. The van der Waals surface area contributed by atoms with Gasteiger partial charge in [0.2, 0.25) is 5.95 Å². The minimum Gasteiger partial charge on any atom is -0.368 e. The Morgan fingerprint density at radius 3 is 2.53 bits per heavy atom. The molecule has 2 aromatic rings. The number of nitrogens with zero attached hydrogens (tertiary/aromatic N) is 7. The van der Waals surface area contributed by atoms with E-state index in [0.29, 0.717) is 11.2 Å². The first-order chi connectivity index (χ1) is 13.9. The Morgan fingerprint density at radius 2 is 2.00 bits per heavy atom. The van der Waals surface area contributed by atoms with Crippen molar-refractivity contribution in [3.05, 3.63) is 21.9 Å². The molecule has 1 atom stereocenters. The minimum absolute atomic E-state index is 0.0327. The number of imidazole rings is 1. The van der Waals surface area contributed by atoms with Gasteiger partial charge in [0, 0.05) is 11.5 Å². The van der Waals surface area contributed by atoms with Gasteiger partial charge in [-0.2, -0.15) is 9.97 Å². The number of azide groups is 1. The molecule has 0 aliphatic rings. The van der Waals surface area contributed by atoms with Crippen LogP contribution in [-0.4, -0.2) is 47.3 Å². The highest BCUT2D eigenvalue weighted by Gasteiger charge is 2.54. The van der Waals surface area contributed by atoms with Crippen LogP contribution in [0.4, 0.5) is 5.95 Å². The molecule has 0 fully saturated rings. The second kappa shape index (κ2) is 9.47. The Labute approximate surface area is 178 Å². The highest BCUT2D eigenvalue weighted by Crippen LogP contribution is 2.59. The van der Waals surface area contributed by atoms with Gasteiger partial charge in [-0.3, -0.25) is 4.57 Å². The molecule has 2 aromatic heterocycles. The van der Waals surface area contributed by atoms with E-state index in [0.717, 1.165) is 0 Å². The van der Waals surface area contributed by atoms with Crippen LogP contribution in [0.3, 0.4) is 0 Å². The molecule has 0 bridgehead atoms. The van der Waals surface area contributed by atoms with Gasteiger partial charge in [-0.25, -0.2) is 4.98 Å². The highest BCUT2D eigenvalue weighted by atomic mass is 35.5. The fourth-order valence-corrected chi connectivity index (χ4v) is 5.51. The maximum absolute atomic E-state index is 12.5. The lowest BCUT2D eigenvalue weighted by molar-refractivity contribution is -0.111. The molecule has 0 aromatic carbocycles. The normalized spacial score (nSPS) is 13.8. The smallest absolute Gasteiger partial charge is 0.357 e. The van der Waals surface area contributed by atoms with Crippen LogP contribution in [0.15, 0.2) is 11.4 Å². The topological polar surface area (TPSA) is 185 Å². The van der Waals surface area contributed by atoms with Crippen molar-refractivity contribution in [2.45, 2.75) is 52.1 Å². The molecular formula is C16H26ClN8O4P. The van der Waals surface area contributed by atoms with Crippen molar-refractivity contribution in [3.8, 4) is 0 Å².